The van der Waals surface area contributed by atoms with Crippen LogP contribution in [0, 0.1) is 12.8 Å². The molecular formula is C21H26ClF4NO2. The maximum absolute atomic E-state index is 15.6. The van der Waals surface area contributed by atoms with Gasteiger partial charge in [0.15, 0.2) is 0 Å². The van der Waals surface area contributed by atoms with Crippen LogP contribution >= 0.6 is 12.4 Å². The van der Waals surface area contributed by atoms with E-state index in [0.29, 0.717) is 11.1 Å². The molecule has 0 saturated heterocycles. The molecule has 0 radical (unpaired) electrons. The van der Waals surface area contributed by atoms with Crippen molar-refractivity contribution in [1.29, 1.82) is 0 Å². The monoisotopic (exact) mass is 435 g/mol. The second-order valence-corrected chi connectivity index (χ2v) is 7.10. The molecule has 1 aromatic carbocycles. The van der Waals surface area contributed by atoms with Crippen LogP contribution in [0.5, 0.6) is 0 Å². The van der Waals surface area contributed by atoms with Crippen molar-refractivity contribution in [2.45, 2.75) is 52.0 Å². The van der Waals surface area contributed by atoms with Crippen LogP contribution in [-0.2, 0) is 9.53 Å². The summed E-state index contributed by atoms with van der Waals surface area (Å²) in [5.41, 5.74) is 4.06. The number of carbonyl (C=O) groups is 1. The third-order valence-corrected chi connectivity index (χ3v) is 5.24. The summed E-state index contributed by atoms with van der Waals surface area (Å²) in [5, 5.41) is 0. The van der Waals surface area contributed by atoms with Crippen LogP contribution in [-0.4, -0.2) is 30.5 Å². The largest absolute Gasteiger partial charge is 0.466 e. The van der Waals surface area contributed by atoms with E-state index in [0.717, 1.165) is 12.5 Å². The summed E-state index contributed by atoms with van der Waals surface area (Å²) in [4.78, 5) is 11.8. The zero-order valence-electron chi connectivity index (χ0n) is 16.8. The number of rotatable bonds is 5. The summed E-state index contributed by atoms with van der Waals surface area (Å²) >= 11 is 0. The molecular weight excluding hydrogens is 410 g/mol. The lowest BCUT2D eigenvalue weighted by Gasteiger charge is -2.43. The second-order valence-electron chi connectivity index (χ2n) is 7.10. The highest BCUT2D eigenvalue weighted by Gasteiger charge is 2.64. The number of aryl methyl sites for hydroxylation is 1. The van der Waals surface area contributed by atoms with Crippen molar-refractivity contribution in [3.05, 3.63) is 52.6 Å². The highest BCUT2D eigenvalue weighted by molar-refractivity contribution is 5.85. The minimum atomic E-state index is -5.18. The molecule has 3 unspecified atom stereocenters. The van der Waals surface area contributed by atoms with Crippen molar-refractivity contribution in [2.75, 3.05) is 6.61 Å². The molecule has 1 aliphatic rings. The maximum atomic E-state index is 15.6. The lowest BCUT2D eigenvalue weighted by Crippen LogP contribution is -2.56. The number of nitrogens with two attached hydrogens (primary N) is 1. The predicted molar refractivity (Wildman–Crippen MR) is 107 cm³/mol. The minimum Gasteiger partial charge on any atom is -0.466 e. The van der Waals surface area contributed by atoms with Crippen molar-refractivity contribution >= 4 is 23.9 Å². The smallest absolute Gasteiger partial charge is 0.427 e. The average Bonchev–Trinajstić information content (AvgIpc) is 2.58. The number of hydrogen-bond acceptors (Lipinski definition) is 3. The molecule has 0 aromatic heterocycles. The van der Waals surface area contributed by atoms with Crippen LogP contribution in [0.1, 0.15) is 38.3 Å². The van der Waals surface area contributed by atoms with Gasteiger partial charge in [-0.25, -0.2) is 4.39 Å². The summed E-state index contributed by atoms with van der Waals surface area (Å²) in [6, 6.07) is 5.78. The van der Waals surface area contributed by atoms with Gasteiger partial charge in [-0.15, -0.1) is 12.4 Å². The van der Waals surface area contributed by atoms with Gasteiger partial charge in [0.05, 0.1) is 13.0 Å². The Balaban J connectivity index is 0.00000420. The predicted octanol–water partition coefficient (Wildman–Crippen LogP) is 5.32. The van der Waals surface area contributed by atoms with E-state index in [4.69, 9.17) is 10.5 Å². The van der Waals surface area contributed by atoms with Gasteiger partial charge >= 0.3 is 12.1 Å². The van der Waals surface area contributed by atoms with Crippen molar-refractivity contribution in [1.82, 2.24) is 0 Å². The average molecular weight is 436 g/mol. The van der Waals surface area contributed by atoms with Crippen LogP contribution < -0.4 is 5.73 Å². The Morgan fingerprint density at radius 1 is 1.24 bits per heavy atom. The highest BCUT2D eigenvalue weighted by Crippen LogP contribution is 2.53. The van der Waals surface area contributed by atoms with Crippen LogP contribution in [0.2, 0.25) is 0 Å². The lowest BCUT2D eigenvalue weighted by molar-refractivity contribution is -0.232. The van der Waals surface area contributed by atoms with Gasteiger partial charge in [0.2, 0.25) is 5.67 Å². The zero-order valence-corrected chi connectivity index (χ0v) is 17.6. The van der Waals surface area contributed by atoms with Crippen molar-refractivity contribution in [2.24, 2.45) is 11.7 Å². The van der Waals surface area contributed by atoms with Crippen molar-refractivity contribution in [3.8, 4) is 0 Å². The van der Waals surface area contributed by atoms with Gasteiger partial charge in [0.1, 0.15) is 0 Å². The molecule has 162 valence electrons. The number of allylic oxidation sites excluding steroid dienone is 3. The first kappa shape index (κ1) is 25.2. The molecule has 1 aliphatic carbocycles. The molecule has 0 amide bonds. The van der Waals surface area contributed by atoms with E-state index >= 15 is 4.39 Å². The van der Waals surface area contributed by atoms with Gasteiger partial charge in [0, 0.05) is 12.0 Å². The molecule has 3 nitrogen and oxygen atoms in total. The third-order valence-electron chi connectivity index (χ3n) is 5.24. The molecule has 0 saturated carbocycles. The normalized spacial score (nSPS) is 23.2. The van der Waals surface area contributed by atoms with Crippen LogP contribution in [0.4, 0.5) is 17.6 Å². The van der Waals surface area contributed by atoms with Gasteiger partial charge < -0.3 is 10.5 Å². The Morgan fingerprint density at radius 2 is 1.83 bits per heavy atom. The maximum Gasteiger partial charge on any atom is 0.427 e. The molecule has 3 atom stereocenters. The number of benzene rings is 1. The Morgan fingerprint density at radius 3 is 2.34 bits per heavy atom. The summed E-state index contributed by atoms with van der Waals surface area (Å²) in [7, 11) is 0. The number of esters is 1. The van der Waals surface area contributed by atoms with Crippen LogP contribution in [0.25, 0.3) is 5.57 Å². The molecule has 2 N–H and O–H groups in total. The fraction of sp³-hybridized carbons (Fsp3) is 0.476. The van der Waals surface area contributed by atoms with E-state index in [1.807, 2.05) is 19.1 Å². The quantitative estimate of drug-likeness (QED) is 0.503. The second kappa shape index (κ2) is 9.30. The van der Waals surface area contributed by atoms with Gasteiger partial charge in [0.25, 0.3) is 0 Å². The summed E-state index contributed by atoms with van der Waals surface area (Å²) < 4.78 is 61.9. The number of hydrogen-bond donors (Lipinski definition) is 1. The van der Waals surface area contributed by atoms with Gasteiger partial charge in [-0.3, -0.25) is 4.79 Å². The molecule has 0 bridgehead atoms. The van der Waals surface area contributed by atoms with E-state index in [9.17, 15) is 18.0 Å². The zero-order chi connectivity index (χ0) is 21.3. The topological polar surface area (TPSA) is 52.3 Å². The summed E-state index contributed by atoms with van der Waals surface area (Å²) in [5.74, 6) is -2.49. The first-order valence-corrected chi connectivity index (χ1v) is 9.07. The number of halogens is 5. The molecule has 0 spiro atoms. The Hall–Kier alpha value is -1.86. The van der Waals surface area contributed by atoms with Crippen LogP contribution in [0.15, 0.2) is 41.5 Å². The van der Waals surface area contributed by atoms with Gasteiger partial charge in [-0.2, -0.15) is 13.2 Å². The van der Waals surface area contributed by atoms with Crippen molar-refractivity contribution < 1.29 is 27.1 Å². The van der Waals surface area contributed by atoms with Crippen molar-refractivity contribution in [3.63, 3.8) is 0 Å². The Labute approximate surface area is 174 Å². The lowest BCUT2D eigenvalue weighted by atomic mass is 9.68. The molecule has 2 rings (SSSR count). The van der Waals surface area contributed by atoms with Gasteiger partial charge in [-0.05, 0) is 50.0 Å². The molecule has 0 aliphatic heterocycles. The van der Waals surface area contributed by atoms with Gasteiger partial charge in [-0.1, -0.05) is 35.9 Å². The molecule has 0 heterocycles. The van der Waals surface area contributed by atoms with E-state index < -0.39 is 41.8 Å². The van der Waals surface area contributed by atoms with Crippen LogP contribution in [0.3, 0.4) is 0 Å². The number of carbonyl (C=O) groups excluding carboxylic acids is 1. The van der Waals surface area contributed by atoms with E-state index in [1.54, 1.807) is 19.1 Å². The third kappa shape index (κ3) is 4.67. The fourth-order valence-corrected chi connectivity index (χ4v) is 3.86. The molecule has 8 heteroatoms. The standard InChI is InChI=1S/C21H25F4NO2.ClH/c1-5-28-18(27)11-17(26)19-14(4)16(15-9-7-6-8-12(15)2)10-13(3)20(19,22)21(23,24)25;/h6-10,17,19H,5,11,26H2,1-4H3;1H. The molecule has 0 fully saturated rings. The molecule has 29 heavy (non-hydrogen) atoms. The fourth-order valence-electron chi connectivity index (χ4n) is 3.86. The van der Waals surface area contributed by atoms with E-state index in [2.05, 4.69) is 0 Å². The Kier molecular flexibility index (Phi) is 8.08. The summed E-state index contributed by atoms with van der Waals surface area (Å²) in [6.07, 6.45) is -4.45. The number of alkyl halides is 4. The molecule has 1 aromatic rings. The minimum absolute atomic E-state index is 0. The summed E-state index contributed by atoms with van der Waals surface area (Å²) in [6.45, 7) is 6.03. The highest BCUT2D eigenvalue weighted by atomic mass is 35.5. The van der Waals surface area contributed by atoms with E-state index in [-0.39, 0.29) is 24.6 Å². The Bertz CT molecular complexity index is 819. The number of ether oxygens (including phenoxy) is 1. The van der Waals surface area contributed by atoms with E-state index in [1.165, 1.54) is 13.0 Å². The SMILES string of the molecule is CCOC(=O)CC(N)C1C(C)=C(c2ccccc2C)C=C(C)C1(F)C(F)(F)F.Cl. The first-order chi connectivity index (χ1) is 12.9. The first-order valence-electron chi connectivity index (χ1n) is 9.07.